The number of carboxylic acid groups (broad SMARTS) is 2. The molecule has 0 radical (unpaired) electrons. The highest BCUT2D eigenvalue weighted by atomic mass is 16.4. The van der Waals surface area contributed by atoms with Crippen LogP contribution in [-0.2, 0) is 0 Å². The molecule has 0 bridgehead atoms. The van der Waals surface area contributed by atoms with E-state index in [0.29, 0.717) is 11.3 Å². The maximum Gasteiger partial charge on any atom is 0.356 e. The molecular formula is C12H12N2O4. The molecule has 0 aliphatic heterocycles. The van der Waals surface area contributed by atoms with Gasteiger partial charge in [0.25, 0.3) is 0 Å². The third-order valence-corrected chi connectivity index (χ3v) is 2.63. The van der Waals surface area contributed by atoms with Gasteiger partial charge in [-0.1, -0.05) is 19.9 Å². The van der Waals surface area contributed by atoms with Crippen molar-refractivity contribution in [2.45, 2.75) is 19.8 Å². The summed E-state index contributed by atoms with van der Waals surface area (Å²) >= 11 is 0. The molecule has 0 fully saturated rings. The number of nitrogens with zero attached hydrogens (tertiary/aromatic N) is 2. The molecule has 0 aromatic carbocycles. The largest absolute Gasteiger partial charge is 0.477 e. The molecule has 94 valence electrons. The van der Waals surface area contributed by atoms with Crippen molar-refractivity contribution in [1.29, 1.82) is 0 Å². The van der Waals surface area contributed by atoms with E-state index in [1.807, 2.05) is 13.8 Å². The highest BCUT2D eigenvalue weighted by molar-refractivity contribution is 5.95. The molecule has 0 aliphatic carbocycles. The Balaban J connectivity index is 2.92. The minimum Gasteiger partial charge on any atom is -0.477 e. The molecule has 2 rings (SSSR count). The van der Waals surface area contributed by atoms with Crippen molar-refractivity contribution in [2.75, 3.05) is 0 Å². The summed E-state index contributed by atoms with van der Waals surface area (Å²) in [4.78, 5) is 26.3. The number of imidazole rings is 1. The zero-order chi connectivity index (χ0) is 13.4. The molecule has 6 nitrogen and oxygen atoms in total. The summed E-state index contributed by atoms with van der Waals surface area (Å²) < 4.78 is 1.39. The van der Waals surface area contributed by atoms with Gasteiger partial charge < -0.3 is 10.2 Å². The van der Waals surface area contributed by atoms with Crippen molar-refractivity contribution in [3.63, 3.8) is 0 Å². The van der Waals surface area contributed by atoms with E-state index in [1.54, 1.807) is 6.07 Å². The SMILES string of the molecule is CC(C)c1nc(C(=O)O)c2cccc(C(=O)O)n12. The zero-order valence-electron chi connectivity index (χ0n) is 9.91. The van der Waals surface area contributed by atoms with Gasteiger partial charge in [-0.15, -0.1) is 0 Å². The number of rotatable bonds is 3. The van der Waals surface area contributed by atoms with Gasteiger partial charge in [0.05, 0.1) is 5.52 Å². The highest BCUT2D eigenvalue weighted by Gasteiger charge is 2.21. The van der Waals surface area contributed by atoms with Crippen LogP contribution in [0.1, 0.15) is 46.6 Å². The van der Waals surface area contributed by atoms with Crippen molar-refractivity contribution < 1.29 is 19.8 Å². The maximum atomic E-state index is 11.2. The minimum absolute atomic E-state index is 0.0104. The second-order valence-corrected chi connectivity index (χ2v) is 4.22. The monoisotopic (exact) mass is 248 g/mol. The standard InChI is InChI=1S/C12H12N2O4/c1-6(2)10-13-9(12(17)18)7-4-3-5-8(11(15)16)14(7)10/h3-6H,1-2H3,(H,15,16)(H,17,18). The van der Waals surface area contributed by atoms with E-state index in [9.17, 15) is 9.59 Å². The van der Waals surface area contributed by atoms with Crippen LogP contribution in [-0.4, -0.2) is 31.5 Å². The molecule has 2 aromatic rings. The Kier molecular flexibility index (Phi) is 2.78. The van der Waals surface area contributed by atoms with E-state index in [1.165, 1.54) is 16.5 Å². The lowest BCUT2D eigenvalue weighted by Crippen LogP contribution is -2.08. The van der Waals surface area contributed by atoms with Gasteiger partial charge in [0, 0.05) is 5.92 Å². The molecule has 0 saturated heterocycles. The predicted molar refractivity (Wildman–Crippen MR) is 63.2 cm³/mol. The molecule has 0 atom stereocenters. The molecule has 0 amide bonds. The third kappa shape index (κ3) is 1.71. The van der Waals surface area contributed by atoms with E-state index in [-0.39, 0.29) is 17.3 Å². The summed E-state index contributed by atoms with van der Waals surface area (Å²) in [6, 6.07) is 4.49. The lowest BCUT2D eigenvalue weighted by molar-refractivity contribution is 0.0678. The van der Waals surface area contributed by atoms with Gasteiger partial charge in [0.15, 0.2) is 5.69 Å². The van der Waals surface area contributed by atoms with Gasteiger partial charge in [-0.2, -0.15) is 0 Å². The van der Waals surface area contributed by atoms with Crippen LogP contribution in [0, 0.1) is 0 Å². The quantitative estimate of drug-likeness (QED) is 0.864. The first-order chi connectivity index (χ1) is 8.43. The first-order valence-electron chi connectivity index (χ1n) is 5.41. The topological polar surface area (TPSA) is 91.9 Å². The molecule has 0 spiro atoms. The van der Waals surface area contributed by atoms with Crippen LogP contribution in [0.2, 0.25) is 0 Å². The molecule has 6 heteroatoms. The van der Waals surface area contributed by atoms with E-state index < -0.39 is 11.9 Å². The van der Waals surface area contributed by atoms with Gasteiger partial charge in [-0.25, -0.2) is 14.6 Å². The van der Waals surface area contributed by atoms with E-state index >= 15 is 0 Å². The first-order valence-corrected chi connectivity index (χ1v) is 5.41. The number of carbonyl (C=O) groups is 2. The van der Waals surface area contributed by atoms with Gasteiger partial charge >= 0.3 is 11.9 Å². The van der Waals surface area contributed by atoms with Gasteiger partial charge in [-0.05, 0) is 12.1 Å². The fourth-order valence-electron chi connectivity index (χ4n) is 1.87. The second-order valence-electron chi connectivity index (χ2n) is 4.22. The third-order valence-electron chi connectivity index (χ3n) is 2.63. The van der Waals surface area contributed by atoms with Crippen molar-refractivity contribution >= 4 is 17.5 Å². The molecule has 0 unspecified atom stereocenters. The fourth-order valence-corrected chi connectivity index (χ4v) is 1.87. The highest BCUT2D eigenvalue weighted by Crippen LogP contribution is 2.21. The predicted octanol–water partition coefficient (Wildman–Crippen LogP) is 1.85. The Labute approximate surface area is 103 Å². The summed E-state index contributed by atoms with van der Waals surface area (Å²) in [5.74, 6) is -1.93. The molecule has 0 aliphatic rings. The Morgan fingerprint density at radius 1 is 1.22 bits per heavy atom. The summed E-state index contributed by atoms with van der Waals surface area (Å²) in [5, 5.41) is 18.2. The van der Waals surface area contributed by atoms with Crippen LogP contribution in [0.5, 0.6) is 0 Å². The molecule has 2 aromatic heterocycles. The molecule has 2 N–H and O–H groups in total. The van der Waals surface area contributed by atoms with Crippen molar-refractivity contribution in [2.24, 2.45) is 0 Å². The lowest BCUT2D eigenvalue weighted by atomic mass is 10.2. The maximum absolute atomic E-state index is 11.2. The van der Waals surface area contributed by atoms with E-state index in [0.717, 1.165) is 0 Å². The summed E-state index contributed by atoms with van der Waals surface area (Å²) in [5.41, 5.74) is 0.184. The van der Waals surface area contributed by atoms with Gasteiger partial charge in [-0.3, -0.25) is 4.40 Å². The molecule has 0 saturated carbocycles. The Morgan fingerprint density at radius 3 is 2.39 bits per heavy atom. The second kappa shape index (κ2) is 4.14. The average Bonchev–Trinajstić information content (AvgIpc) is 2.67. The number of hydrogen-bond acceptors (Lipinski definition) is 3. The first kappa shape index (κ1) is 12.1. The smallest absolute Gasteiger partial charge is 0.356 e. The minimum atomic E-state index is -1.16. The number of fused-ring (bicyclic) bond motifs is 1. The number of aromatic nitrogens is 2. The zero-order valence-corrected chi connectivity index (χ0v) is 9.91. The summed E-state index contributed by atoms with van der Waals surface area (Å²) in [7, 11) is 0. The Hall–Kier alpha value is -2.37. The van der Waals surface area contributed by atoms with Gasteiger partial charge in [0.2, 0.25) is 0 Å². The molecular weight excluding hydrogens is 236 g/mol. The summed E-state index contributed by atoms with van der Waals surface area (Å²) in [6.07, 6.45) is 0. The van der Waals surface area contributed by atoms with Crippen molar-refractivity contribution in [3.8, 4) is 0 Å². The van der Waals surface area contributed by atoms with E-state index in [2.05, 4.69) is 4.98 Å². The van der Waals surface area contributed by atoms with Crippen LogP contribution in [0.15, 0.2) is 18.2 Å². The number of aromatic carboxylic acids is 2. The number of pyridine rings is 1. The Morgan fingerprint density at radius 2 is 1.89 bits per heavy atom. The van der Waals surface area contributed by atoms with Crippen LogP contribution in [0.25, 0.3) is 5.52 Å². The lowest BCUT2D eigenvalue weighted by Gasteiger charge is -2.07. The number of carboxylic acids is 2. The fraction of sp³-hybridized carbons (Fsp3) is 0.250. The van der Waals surface area contributed by atoms with Crippen LogP contribution >= 0.6 is 0 Å². The molecule has 18 heavy (non-hydrogen) atoms. The normalized spacial score (nSPS) is 11.1. The summed E-state index contributed by atoms with van der Waals surface area (Å²) in [6.45, 7) is 3.66. The number of hydrogen-bond donors (Lipinski definition) is 2. The van der Waals surface area contributed by atoms with Crippen molar-refractivity contribution in [3.05, 3.63) is 35.4 Å². The average molecular weight is 248 g/mol. The van der Waals surface area contributed by atoms with Crippen LogP contribution in [0.4, 0.5) is 0 Å². The van der Waals surface area contributed by atoms with Crippen LogP contribution in [0.3, 0.4) is 0 Å². The Bertz CT molecular complexity index is 643. The van der Waals surface area contributed by atoms with Gasteiger partial charge in [0.1, 0.15) is 11.5 Å². The van der Waals surface area contributed by atoms with Crippen molar-refractivity contribution in [1.82, 2.24) is 9.38 Å². The van der Waals surface area contributed by atoms with Crippen LogP contribution < -0.4 is 0 Å². The van der Waals surface area contributed by atoms with E-state index in [4.69, 9.17) is 10.2 Å². The molecule has 2 heterocycles.